The van der Waals surface area contributed by atoms with E-state index in [0.717, 1.165) is 11.5 Å². The lowest BCUT2D eigenvalue weighted by Gasteiger charge is -2.16. The van der Waals surface area contributed by atoms with Crippen molar-refractivity contribution in [2.45, 2.75) is 6.92 Å². The maximum Gasteiger partial charge on any atom is 0.254 e. The molecule has 0 spiro atoms. The van der Waals surface area contributed by atoms with Gasteiger partial charge in [-0.3, -0.25) is 14.7 Å². The van der Waals surface area contributed by atoms with Gasteiger partial charge in [-0.25, -0.2) is 0 Å². The predicted molar refractivity (Wildman–Crippen MR) is 56.3 cm³/mol. The molecule has 72 valence electrons. The highest BCUT2D eigenvalue weighted by Crippen LogP contribution is 2.20. The highest BCUT2D eigenvalue weighted by atomic mass is 16.2. The van der Waals surface area contributed by atoms with Crippen molar-refractivity contribution in [1.82, 2.24) is 0 Å². The molecule has 0 fully saturated rings. The van der Waals surface area contributed by atoms with Crippen molar-refractivity contribution in [2.24, 2.45) is 4.99 Å². The number of benzene rings is 1. The fourth-order valence-corrected chi connectivity index (χ4v) is 1.50. The van der Waals surface area contributed by atoms with E-state index in [9.17, 15) is 4.79 Å². The Morgan fingerprint density at radius 1 is 1.50 bits per heavy atom. The van der Waals surface area contributed by atoms with Gasteiger partial charge in [0.25, 0.3) is 5.91 Å². The normalized spacial score (nSPS) is 15.9. The van der Waals surface area contributed by atoms with E-state index in [1.807, 2.05) is 19.1 Å². The molecule has 0 bridgehead atoms. The molecule has 4 heteroatoms. The van der Waals surface area contributed by atoms with Crippen LogP contribution in [0.5, 0.6) is 0 Å². The molecule has 2 rings (SSSR count). The lowest BCUT2D eigenvalue weighted by Crippen LogP contribution is -2.30. The number of aliphatic imine (C=N–C) groups is 1. The van der Waals surface area contributed by atoms with Crippen molar-refractivity contribution < 1.29 is 4.79 Å². The maximum atomic E-state index is 11.5. The van der Waals surface area contributed by atoms with Gasteiger partial charge in [-0.1, -0.05) is 6.07 Å². The van der Waals surface area contributed by atoms with Crippen molar-refractivity contribution in [2.75, 3.05) is 17.2 Å². The number of hydrogen-bond acceptors (Lipinski definition) is 3. The molecule has 0 aromatic heterocycles. The van der Waals surface area contributed by atoms with Crippen LogP contribution in [0, 0.1) is 0 Å². The third kappa shape index (κ3) is 1.35. The third-order valence-corrected chi connectivity index (χ3v) is 2.14. The molecule has 1 aromatic carbocycles. The van der Waals surface area contributed by atoms with Crippen LogP contribution in [0.15, 0.2) is 29.3 Å². The minimum absolute atomic E-state index is 0.00639. The summed E-state index contributed by atoms with van der Waals surface area (Å²) in [6, 6.07) is 7.22. The molecule has 2 N–H and O–H groups in total. The van der Waals surface area contributed by atoms with Crippen LogP contribution < -0.4 is 10.6 Å². The van der Waals surface area contributed by atoms with Crippen molar-refractivity contribution in [3.8, 4) is 0 Å². The fourth-order valence-electron chi connectivity index (χ4n) is 1.50. The molecule has 1 aromatic rings. The molecule has 0 saturated heterocycles. The van der Waals surface area contributed by atoms with Gasteiger partial charge in [-0.2, -0.15) is 0 Å². The van der Waals surface area contributed by atoms with Gasteiger partial charge >= 0.3 is 0 Å². The number of amidine groups is 1. The van der Waals surface area contributed by atoms with Gasteiger partial charge in [0.15, 0.2) is 0 Å². The van der Waals surface area contributed by atoms with Crippen molar-refractivity contribution in [3.63, 3.8) is 0 Å². The minimum atomic E-state index is -0.00639. The van der Waals surface area contributed by atoms with Crippen molar-refractivity contribution in [1.29, 1.82) is 0 Å². The number of anilines is 2. The van der Waals surface area contributed by atoms with E-state index >= 15 is 0 Å². The number of hydrogen-bond donors (Lipinski definition) is 1. The number of nitrogens with two attached hydrogens (primary N) is 1. The second kappa shape index (κ2) is 3.14. The topological polar surface area (TPSA) is 58.7 Å². The summed E-state index contributed by atoms with van der Waals surface area (Å²) in [6.07, 6.45) is 0. The molecule has 1 amide bonds. The molecule has 14 heavy (non-hydrogen) atoms. The van der Waals surface area contributed by atoms with Crippen LogP contribution in [-0.4, -0.2) is 18.3 Å². The number of amides is 1. The summed E-state index contributed by atoms with van der Waals surface area (Å²) in [5.74, 6) is 0.716. The van der Waals surface area contributed by atoms with Gasteiger partial charge in [-0.05, 0) is 25.1 Å². The second-order valence-electron chi connectivity index (χ2n) is 3.19. The monoisotopic (exact) mass is 189 g/mol. The Hall–Kier alpha value is -1.84. The van der Waals surface area contributed by atoms with Gasteiger partial charge < -0.3 is 5.73 Å². The zero-order chi connectivity index (χ0) is 10.1. The lowest BCUT2D eigenvalue weighted by atomic mass is 10.2. The number of carbonyl (C=O) groups excluding carboxylic acids is 1. The quantitative estimate of drug-likeness (QED) is 0.671. The predicted octanol–water partition coefficient (Wildman–Crippen LogP) is 1.03. The summed E-state index contributed by atoms with van der Waals surface area (Å²) < 4.78 is 0. The summed E-state index contributed by atoms with van der Waals surface area (Å²) in [5.41, 5.74) is 7.07. The van der Waals surface area contributed by atoms with E-state index in [4.69, 9.17) is 5.73 Å². The molecule has 0 saturated carbocycles. The van der Waals surface area contributed by atoms with Crippen molar-refractivity contribution in [3.05, 3.63) is 24.3 Å². The smallest absolute Gasteiger partial charge is 0.254 e. The fraction of sp³-hybridized carbons (Fsp3) is 0.200. The largest absolute Gasteiger partial charge is 0.399 e. The average molecular weight is 189 g/mol. The molecule has 0 unspecified atom stereocenters. The SMILES string of the molecule is CC1=NCC(=O)N1c1cccc(N)c1. The van der Waals surface area contributed by atoms with Gasteiger partial charge in [0.1, 0.15) is 12.4 Å². The molecule has 0 aliphatic carbocycles. The lowest BCUT2D eigenvalue weighted by molar-refractivity contribution is -0.115. The van der Waals surface area contributed by atoms with Gasteiger partial charge in [-0.15, -0.1) is 0 Å². The van der Waals surface area contributed by atoms with Crippen molar-refractivity contribution >= 4 is 23.1 Å². The zero-order valence-corrected chi connectivity index (χ0v) is 7.90. The maximum absolute atomic E-state index is 11.5. The van der Waals surface area contributed by atoms with E-state index in [-0.39, 0.29) is 12.5 Å². The van der Waals surface area contributed by atoms with Crippen LogP contribution in [0.25, 0.3) is 0 Å². The van der Waals surface area contributed by atoms with E-state index in [0.29, 0.717) is 5.69 Å². The molecule has 0 atom stereocenters. The summed E-state index contributed by atoms with van der Waals surface area (Å²) >= 11 is 0. The van der Waals surface area contributed by atoms with E-state index < -0.39 is 0 Å². The molecule has 0 radical (unpaired) electrons. The van der Waals surface area contributed by atoms with Gasteiger partial charge in [0.05, 0.1) is 5.69 Å². The summed E-state index contributed by atoms with van der Waals surface area (Å²) in [4.78, 5) is 17.1. The van der Waals surface area contributed by atoms with Crippen LogP contribution in [-0.2, 0) is 4.79 Å². The Balaban J connectivity index is 2.40. The summed E-state index contributed by atoms with van der Waals surface area (Å²) in [7, 11) is 0. The van der Waals surface area contributed by atoms with Crippen LogP contribution in [0.2, 0.25) is 0 Å². The van der Waals surface area contributed by atoms with Crippen LogP contribution in [0.4, 0.5) is 11.4 Å². The number of nitrogen functional groups attached to an aromatic ring is 1. The number of carbonyl (C=O) groups is 1. The van der Waals surface area contributed by atoms with Crippen LogP contribution in [0.3, 0.4) is 0 Å². The third-order valence-electron chi connectivity index (χ3n) is 2.14. The number of nitrogens with zero attached hydrogens (tertiary/aromatic N) is 2. The molecule has 1 aliphatic rings. The van der Waals surface area contributed by atoms with E-state index in [1.165, 1.54) is 0 Å². The Labute approximate surface area is 82.0 Å². The standard InChI is InChI=1S/C10H11N3O/c1-7-12-6-10(14)13(7)9-4-2-3-8(11)5-9/h2-5H,6,11H2,1H3. The van der Waals surface area contributed by atoms with Gasteiger partial charge in [0.2, 0.25) is 0 Å². The highest BCUT2D eigenvalue weighted by Gasteiger charge is 2.23. The first kappa shape index (κ1) is 8.74. The molecule has 1 heterocycles. The highest BCUT2D eigenvalue weighted by molar-refractivity contribution is 6.20. The van der Waals surface area contributed by atoms with Gasteiger partial charge in [0, 0.05) is 5.69 Å². The Bertz CT molecular complexity index is 412. The first-order valence-electron chi connectivity index (χ1n) is 4.38. The van der Waals surface area contributed by atoms with Crippen LogP contribution in [0.1, 0.15) is 6.92 Å². The minimum Gasteiger partial charge on any atom is -0.399 e. The Morgan fingerprint density at radius 3 is 2.86 bits per heavy atom. The first-order chi connectivity index (χ1) is 6.68. The summed E-state index contributed by atoms with van der Waals surface area (Å²) in [5, 5.41) is 0. The molecule has 1 aliphatic heterocycles. The number of rotatable bonds is 1. The zero-order valence-electron chi connectivity index (χ0n) is 7.90. The van der Waals surface area contributed by atoms with E-state index in [2.05, 4.69) is 4.99 Å². The van der Waals surface area contributed by atoms with E-state index in [1.54, 1.807) is 17.0 Å². The Kier molecular flexibility index (Phi) is 1.96. The second-order valence-corrected chi connectivity index (χ2v) is 3.19. The molecular formula is C10H11N3O. The first-order valence-corrected chi connectivity index (χ1v) is 4.38. The molecular weight excluding hydrogens is 178 g/mol. The van der Waals surface area contributed by atoms with Crippen LogP contribution >= 0.6 is 0 Å². The Morgan fingerprint density at radius 2 is 2.29 bits per heavy atom. The average Bonchev–Trinajstić information content (AvgIpc) is 2.46. The summed E-state index contributed by atoms with van der Waals surface area (Å²) in [6.45, 7) is 2.05. The molecule has 4 nitrogen and oxygen atoms in total.